The Morgan fingerprint density at radius 3 is 2.71 bits per heavy atom. The molecule has 0 radical (unpaired) electrons. The van der Waals surface area contributed by atoms with Crippen LogP contribution < -0.4 is 4.90 Å². The molecule has 1 aromatic heterocycles. The van der Waals surface area contributed by atoms with Gasteiger partial charge in [0.2, 0.25) is 0 Å². The van der Waals surface area contributed by atoms with E-state index in [4.69, 9.17) is 0 Å². The van der Waals surface area contributed by atoms with Crippen molar-refractivity contribution < 1.29 is 14.1 Å². The fourth-order valence-electron chi connectivity index (χ4n) is 4.43. The normalized spacial score (nSPS) is 14.2. The molecule has 1 aliphatic heterocycles. The van der Waals surface area contributed by atoms with Crippen molar-refractivity contribution >= 4 is 17.3 Å². The first kappa shape index (κ1) is 24.4. The van der Waals surface area contributed by atoms with E-state index in [-0.39, 0.29) is 17.4 Å². The van der Waals surface area contributed by atoms with Gasteiger partial charge in [0.05, 0.1) is 21.9 Å². The van der Waals surface area contributed by atoms with Crippen molar-refractivity contribution in [3.05, 3.63) is 75.7 Å². The first-order chi connectivity index (χ1) is 16.8. The molecule has 1 amide bonds. The van der Waals surface area contributed by atoms with E-state index < -0.39 is 4.92 Å². The smallest absolute Gasteiger partial charge is 0.270 e. The second-order valence-electron chi connectivity index (χ2n) is 9.25. The van der Waals surface area contributed by atoms with E-state index in [0.29, 0.717) is 42.1 Å². The number of carbonyl (C=O) groups excluding carboxylic acids is 1. The Morgan fingerprint density at radius 2 is 2.00 bits per heavy atom. The lowest BCUT2D eigenvalue weighted by atomic mass is 9.97. The Hall–Kier alpha value is -3.75. The number of piperidine rings is 1. The number of carbonyl (C=O) groups is 1. The largest absolute Gasteiger partial charge is 0.371 e. The predicted octanol–water partition coefficient (Wildman–Crippen LogP) is 5.07. The number of aromatic nitrogens is 2. The van der Waals surface area contributed by atoms with Crippen molar-refractivity contribution in [1.29, 1.82) is 0 Å². The van der Waals surface area contributed by atoms with Gasteiger partial charge in [-0.25, -0.2) is 4.39 Å². The van der Waals surface area contributed by atoms with Gasteiger partial charge in [0.15, 0.2) is 0 Å². The predicted molar refractivity (Wildman–Crippen MR) is 133 cm³/mol. The van der Waals surface area contributed by atoms with Crippen LogP contribution in [-0.4, -0.2) is 52.6 Å². The van der Waals surface area contributed by atoms with Crippen molar-refractivity contribution in [3.8, 4) is 11.3 Å². The zero-order chi connectivity index (χ0) is 24.9. The number of benzene rings is 2. The molecule has 0 bridgehead atoms. The molecule has 0 spiro atoms. The summed E-state index contributed by atoms with van der Waals surface area (Å²) in [7, 11) is 1.72. The number of non-ortho nitro benzene ring substituents is 1. The molecule has 1 N–H and O–H groups in total. The summed E-state index contributed by atoms with van der Waals surface area (Å²) in [4.78, 5) is 28.0. The molecule has 8 nitrogen and oxygen atoms in total. The molecule has 0 saturated carbocycles. The standard InChI is InChI=1S/C26H30FN5O3/c1-18-10-13-31(14-11-18)25-9-8-22(32(34)35)17-23(25)26(33)30(2)12-4-7-21-16-24(29-28-21)19-5-3-6-20(27)15-19/h3,5-6,8-9,15-18H,4,7,10-14H2,1-2H3,(H,28,29). The van der Waals surface area contributed by atoms with E-state index in [9.17, 15) is 19.3 Å². The van der Waals surface area contributed by atoms with Gasteiger partial charge < -0.3 is 9.80 Å². The molecule has 0 aliphatic carbocycles. The number of aryl methyl sites for hydroxylation is 1. The number of aromatic amines is 1. The Balaban J connectivity index is 1.42. The van der Waals surface area contributed by atoms with Gasteiger partial charge in [-0.15, -0.1) is 0 Å². The highest BCUT2D eigenvalue weighted by atomic mass is 19.1. The topological polar surface area (TPSA) is 95.4 Å². The second kappa shape index (κ2) is 10.7. The van der Waals surface area contributed by atoms with E-state index >= 15 is 0 Å². The quantitative estimate of drug-likeness (QED) is 0.360. The lowest BCUT2D eigenvalue weighted by molar-refractivity contribution is -0.384. The maximum absolute atomic E-state index is 13.5. The second-order valence-corrected chi connectivity index (χ2v) is 9.25. The zero-order valence-electron chi connectivity index (χ0n) is 20.0. The molecule has 0 atom stereocenters. The maximum atomic E-state index is 13.5. The van der Waals surface area contributed by atoms with Crippen LogP contribution in [0.15, 0.2) is 48.5 Å². The van der Waals surface area contributed by atoms with Gasteiger partial charge in [-0.1, -0.05) is 19.1 Å². The molecule has 3 aromatic rings. The van der Waals surface area contributed by atoms with Gasteiger partial charge in [0.1, 0.15) is 5.82 Å². The van der Waals surface area contributed by atoms with Crippen molar-refractivity contribution in [1.82, 2.24) is 15.1 Å². The number of H-pyrrole nitrogens is 1. The molecule has 1 saturated heterocycles. The molecule has 4 rings (SSSR count). The van der Waals surface area contributed by atoms with E-state index in [1.165, 1.54) is 24.3 Å². The highest BCUT2D eigenvalue weighted by Crippen LogP contribution is 2.30. The average Bonchev–Trinajstić information content (AvgIpc) is 3.32. The monoisotopic (exact) mass is 479 g/mol. The van der Waals surface area contributed by atoms with E-state index in [1.54, 1.807) is 30.1 Å². The molecule has 35 heavy (non-hydrogen) atoms. The number of nitro groups is 1. The summed E-state index contributed by atoms with van der Waals surface area (Å²) in [6.07, 6.45) is 3.40. The van der Waals surface area contributed by atoms with Gasteiger partial charge in [0, 0.05) is 50.1 Å². The minimum Gasteiger partial charge on any atom is -0.371 e. The fourth-order valence-corrected chi connectivity index (χ4v) is 4.43. The Kier molecular flexibility index (Phi) is 7.43. The van der Waals surface area contributed by atoms with E-state index in [1.807, 2.05) is 6.07 Å². The fraction of sp³-hybridized carbons (Fsp3) is 0.385. The highest BCUT2D eigenvalue weighted by Gasteiger charge is 2.25. The Morgan fingerprint density at radius 1 is 1.23 bits per heavy atom. The number of rotatable bonds is 8. The third-order valence-electron chi connectivity index (χ3n) is 6.58. The van der Waals surface area contributed by atoms with Crippen LogP contribution in [0, 0.1) is 21.8 Å². The van der Waals surface area contributed by atoms with Crippen LogP contribution in [0.5, 0.6) is 0 Å². The van der Waals surface area contributed by atoms with Crippen molar-refractivity contribution in [2.75, 3.05) is 31.6 Å². The average molecular weight is 480 g/mol. The summed E-state index contributed by atoms with van der Waals surface area (Å²) in [5.41, 5.74) is 3.30. The molecule has 9 heteroatoms. The van der Waals surface area contributed by atoms with Gasteiger partial charge >= 0.3 is 0 Å². The van der Waals surface area contributed by atoms with Crippen LogP contribution >= 0.6 is 0 Å². The summed E-state index contributed by atoms with van der Waals surface area (Å²) >= 11 is 0. The van der Waals surface area contributed by atoms with E-state index in [2.05, 4.69) is 22.0 Å². The maximum Gasteiger partial charge on any atom is 0.270 e. The summed E-state index contributed by atoms with van der Waals surface area (Å²) in [6, 6.07) is 12.7. The third-order valence-corrected chi connectivity index (χ3v) is 6.58. The third kappa shape index (κ3) is 5.85. The Bertz CT molecular complexity index is 1200. The molecular weight excluding hydrogens is 449 g/mol. The van der Waals surface area contributed by atoms with E-state index in [0.717, 1.165) is 37.3 Å². The highest BCUT2D eigenvalue weighted by molar-refractivity contribution is 6.00. The van der Waals surface area contributed by atoms with Crippen LogP contribution in [-0.2, 0) is 6.42 Å². The minimum absolute atomic E-state index is 0.0850. The number of nitro benzene ring substituents is 1. The van der Waals surface area contributed by atoms with Crippen LogP contribution in [0.2, 0.25) is 0 Å². The number of anilines is 1. The lowest BCUT2D eigenvalue weighted by Gasteiger charge is -2.33. The van der Waals surface area contributed by atoms with Crippen LogP contribution in [0.25, 0.3) is 11.3 Å². The number of hydrogen-bond acceptors (Lipinski definition) is 5. The first-order valence-corrected chi connectivity index (χ1v) is 11.9. The van der Waals surface area contributed by atoms with Crippen molar-refractivity contribution in [3.63, 3.8) is 0 Å². The molecule has 2 aromatic carbocycles. The van der Waals surface area contributed by atoms with Crippen molar-refractivity contribution in [2.45, 2.75) is 32.6 Å². The number of halogens is 1. The van der Waals surface area contributed by atoms with Gasteiger partial charge in [0.25, 0.3) is 11.6 Å². The molecular formula is C26H30FN5O3. The van der Waals surface area contributed by atoms with Crippen molar-refractivity contribution in [2.24, 2.45) is 5.92 Å². The summed E-state index contributed by atoms with van der Waals surface area (Å²) in [5.74, 6) is 0.0918. The molecule has 0 unspecified atom stereocenters. The SMILES string of the molecule is CC1CCN(c2ccc([N+](=O)[O-])cc2C(=O)N(C)CCCc2cc(-c3cccc(F)c3)n[nH]2)CC1. The first-order valence-electron chi connectivity index (χ1n) is 11.9. The van der Waals surface area contributed by atoms with Crippen LogP contribution in [0.3, 0.4) is 0 Å². The number of nitrogens with one attached hydrogen (secondary N) is 1. The minimum atomic E-state index is -0.465. The number of hydrogen-bond donors (Lipinski definition) is 1. The molecule has 1 fully saturated rings. The summed E-state index contributed by atoms with van der Waals surface area (Å²) in [5, 5.41) is 18.6. The van der Waals surface area contributed by atoms with Gasteiger partial charge in [-0.05, 0) is 55.9 Å². The van der Waals surface area contributed by atoms with Gasteiger partial charge in [-0.2, -0.15) is 5.10 Å². The zero-order valence-corrected chi connectivity index (χ0v) is 20.0. The van der Waals surface area contributed by atoms with Crippen LogP contribution in [0.4, 0.5) is 15.8 Å². The number of amides is 1. The lowest BCUT2D eigenvalue weighted by Crippen LogP contribution is -2.35. The molecule has 184 valence electrons. The van der Waals surface area contributed by atoms with Crippen LogP contribution in [0.1, 0.15) is 42.2 Å². The summed E-state index contributed by atoms with van der Waals surface area (Å²) in [6.45, 7) is 4.35. The number of nitrogens with zero attached hydrogens (tertiary/aromatic N) is 4. The molecule has 1 aliphatic rings. The summed E-state index contributed by atoms with van der Waals surface area (Å²) < 4.78 is 13.5. The Labute approximate surface area is 203 Å². The van der Waals surface area contributed by atoms with Gasteiger partial charge in [-0.3, -0.25) is 20.0 Å². The molecule has 2 heterocycles.